The molecule has 0 atom stereocenters. The molecule has 0 aliphatic rings. The summed E-state index contributed by atoms with van der Waals surface area (Å²) in [5.74, 6) is 0.821. The Balaban J connectivity index is 2.10. The largest absolute Gasteiger partial charge is 0.494 e. The molecule has 73 heavy (non-hydrogen) atoms. The molecule has 2 aromatic rings. The van der Waals surface area contributed by atoms with Crippen molar-refractivity contribution in [2.24, 2.45) is 4.99 Å². The molecule has 19 heteroatoms. The molecule has 0 aromatic heterocycles. The average molecular weight is 1020 g/mol. The van der Waals surface area contributed by atoms with Crippen molar-refractivity contribution in [3.8, 4) is 11.5 Å². The molecule has 2 rings (SSSR count). The predicted octanol–water partition coefficient (Wildman–Crippen LogP) is 12.5. The fourth-order valence-corrected chi connectivity index (χ4v) is 6.39. The minimum atomic E-state index is -0.986. The number of hydrogen-bond acceptors (Lipinski definition) is 14. The van der Waals surface area contributed by atoms with E-state index in [1.165, 1.54) is 9.80 Å². The molecule has 0 bridgehead atoms. The van der Waals surface area contributed by atoms with Crippen molar-refractivity contribution in [1.29, 1.82) is 10.8 Å². The second kappa shape index (κ2) is 28.7. The second-order valence-corrected chi connectivity index (χ2v) is 22.4. The number of rotatable bonds is 20. The molecule has 4 N–H and O–H groups in total. The van der Waals surface area contributed by atoms with Crippen LogP contribution in [-0.4, -0.2) is 112 Å². The molecule has 2 aromatic carbocycles. The van der Waals surface area contributed by atoms with Crippen LogP contribution in [0.15, 0.2) is 53.5 Å². The fourth-order valence-electron chi connectivity index (χ4n) is 6.39. The Hall–Kier alpha value is -6.40. The van der Waals surface area contributed by atoms with Crippen molar-refractivity contribution in [1.82, 2.24) is 20.4 Å². The number of amidine groups is 2. The average Bonchev–Trinajstić information content (AvgIpc) is 3.22. The Morgan fingerprint density at radius 3 is 1.05 bits per heavy atom. The minimum Gasteiger partial charge on any atom is -0.494 e. The molecule has 0 heterocycles. The summed E-state index contributed by atoms with van der Waals surface area (Å²) in [6, 6.07) is 13.7. The highest BCUT2D eigenvalue weighted by Crippen LogP contribution is 2.21. The van der Waals surface area contributed by atoms with Crippen molar-refractivity contribution in [2.45, 2.75) is 196 Å². The molecule has 0 saturated carbocycles. The lowest BCUT2D eigenvalue weighted by atomic mass is 10.1. The SMILES string of the molecule is CC(C)(C)OC(=O)N=C(N(CCCCCCCOc1ccc(C(=N)NC(=O)OC(C)(C)C)cc1)C(=O)OC(C)(C)C)N(CCCCCCCOc1ccc(C(=N)NC(=O)OC(C)(C)C)cc1)C(=O)OC(C)(C)C. The number of carbonyl (C=O) groups excluding carboxylic acids is 5. The summed E-state index contributed by atoms with van der Waals surface area (Å²) in [6.45, 7) is 27.0. The first-order chi connectivity index (χ1) is 33.7. The summed E-state index contributed by atoms with van der Waals surface area (Å²) >= 11 is 0. The van der Waals surface area contributed by atoms with Gasteiger partial charge in [0, 0.05) is 24.2 Å². The van der Waals surface area contributed by atoms with Crippen molar-refractivity contribution in [3.63, 3.8) is 0 Å². The van der Waals surface area contributed by atoms with E-state index in [0.29, 0.717) is 61.5 Å². The number of hydrogen-bond donors (Lipinski definition) is 4. The number of nitrogens with one attached hydrogen (secondary N) is 4. The van der Waals surface area contributed by atoms with E-state index < -0.39 is 58.5 Å². The van der Waals surface area contributed by atoms with Gasteiger partial charge >= 0.3 is 30.5 Å². The fraction of sp³-hybridized carbons (Fsp3) is 0.630. The highest BCUT2D eigenvalue weighted by molar-refractivity contribution is 6.06. The summed E-state index contributed by atoms with van der Waals surface area (Å²) in [4.78, 5) is 72.5. The first kappa shape index (κ1) is 62.7. The molecule has 0 radical (unpaired) electrons. The maximum absolute atomic E-state index is 14.1. The Kier molecular flexibility index (Phi) is 24.7. The van der Waals surface area contributed by atoms with E-state index in [2.05, 4.69) is 15.6 Å². The number of ether oxygens (including phenoxy) is 7. The van der Waals surface area contributed by atoms with E-state index in [1.807, 2.05) is 0 Å². The third kappa shape index (κ3) is 28.4. The summed E-state index contributed by atoms with van der Waals surface area (Å²) in [5.41, 5.74) is -3.12. The Bertz CT molecular complexity index is 2010. The van der Waals surface area contributed by atoms with Gasteiger partial charge in [-0.1, -0.05) is 38.5 Å². The standard InChI is InChI=1S/C54H85N7O12/c1-50(2,3)69-45(62)57-42(55)38-26-30-40(31-27-38)67-36-24-20-16-18-22-34-60(48(65)72-53(10,11)12)44(59-47(64)71-52(7,8)9)61(49(66)73-54(13,14)15)35-23-19-17-21-25-37-68-41-32-28-39(29-33-41)43(56)58-46(63)70-51(4,5)6/h26-33H,16-25,34-37H2,1-15H3,(H2,55,57,62)(H2,56,58,63). The van der Waals surface area contributed by atoms with Crippen LogP contribution in [0.1, 0.15) is 179 Å². The third-order valence-electron chi connectivity index (χ3n) is 9.42. The van der Waals surface area contributed by atoms with Gasteiger partial charge in [0.05, 0.1) is 13.2 Å². The highest BCUT2D eigenvalue weighted by atomic mass is 16.6. The molecular weight excluding hydrogens is 939 g/mol. The van der Waals surface area contributed by atoms with Gasteiger partial charge in [0.25, 0.3) is 0 Å². The monoisotopic (exact) mass is 1020 g/mol. The van der Waals surface area contributed by atoms with Gasteiger partial charge in [-0.2, -0.15) is 0 Å². The van der Waals surface area contributed by atoms with Crippen LogP contribution in [0.3, 0.4) is 0 Å². The van der Waals surface area contributed by atoms with Gasteiger partial charge in [-0.05, 0) is 178 Å². The molecule has 408 valence electrons. The molecule has 0 fully saturated rings. The van der Waals surface area contributed by atoms with Crippen LogP contribution < -0.4 is 20.1 Å². The first-order valence-electron chi connectivity index (χ1n) is 25.2. The maximum Gasteiger partial charge on any atom is 0.437 e. The number of guanidine groups is 1. The number of nitrogens with zero attached hydrogens (tertiary/aromatic N) is 3. The van der Waals surface area contributed by atoms with Crippen molar-refractivity contribution in [3.05, 3.63) is 59.7 Å². The number of unbranched alkanes of at least 4 members (excludes halogenated alkanes) is 8. The summed E-state index contributed by atoms with van der Waals surface area (Å²) in [7, 11) is 0. The van der Waals surface area contributed by atoms with Crippen molar-refractivity contribution >= 4 is 48.1 Å². The molecular formula is C54H85N7O12. The van der Waals surface area contributed by atoms with Gasteiger partial charge in [0.15, 0.2) is 0 Å². The zero-order chi connectivity index (χ0) is 55.2. The number of benzene rings is 2. The Morgan fingerprint density at radius 2 is 0.740 bits per heavy atom. The third-order valence-corrected chi connectivity index (χ3v) is 9.42. The molecule has 0 aliphatic heterocycles. The Labute approximate surface area is 433 Å². The lowest BCUT2D eigenvalue weighted by Crippen LogP contribution is -2.53. The van der Waals surface area contributed by atoms with E-state index >= 15 is 0 Å². The number of alkyl carbamates (subject to hydrolysis) is 2. The van der Waals surface area contributed by atoms with Crippen molar-refractivity contribution in [2.75, 3.05) is 26.3 Å². The van der Waals surface area contributed by atoms with Crippen LogP contribution in [-0.2, 0) is 23.7 Å². The number of amides is 5. The lowest BCUT2D eigenvalue weighted by molar-refractivity contribution is 0.0270. The van der Waals surface area contributed by atoms with E-state index in [9.17, 15) is 24.0 Å². The van der Waals surface area contributed by atoms with Crippen LogP contribution in [0.2, 0.25) is 0 Å². The van der Waals surface area contributed by atoms with E-state index in [1.54, 1.807) is 152 Å². The van der Waals surface area contributed by atoms with E-state index in [0.717, 1.165) is 38.5 Å². The summed E-state index contributed by atoms with van der Waals surface area (Å²) in [6.07, 6.45) is 3.12. The van der Waals surface area contributed by atoms with Crippen LogP contribution in [0, 0.1) is 10.8 Å². The van der Waals surface area contributed by atoms with Gasteiger partial charge in [-0.25, -0.2) is 33.8 Å². The molecule has 0 aliphatic carbocycles. The van der Waals surface area contributed by atoms with Gasteiger partial charge < -0.3 is 33.2 Å². The van der Waals surface area contributed by atoms with Crippen LogP contribution >= 0.6 is 0 Å². The van der Waals surface area contributed by atoms with Gasteiger partial charge in [-0.3, -0.25) is 21.5 Å². The molecule has 0 saturated heterocycles. The zero-order valence-electron chi connectivity index (χ0n) is 46.3. The molecule has 19 nitrogen and oxygen atoms in total. The first-order valence-corrected chi connectivity index (χ1v) is 25.2. The molecule has 0 unspecified atom stereocenters. The minimum absolute atomic E-state index is 0.0741. The van der Waals surface area contributed by atoms with Gasteiger partial charge in [0.2, 0.25) is 5.96 Å². The lowest BCUT2D eigenvalue weighted by Gasteiger charge is -2.34. The molecule has 5 amide bonds. The van der Waals surface area contributed by atoms with E-state index in [-0.39, 0.29) is 30.7 Å². The number of carbonyl (C=O) groups is 5. The normalized spacial score (nSPS) is 11.8. The number of aliphatic imine (C=N–C) groups is 1. The van der Waals surface area contributed by atoms with Gasteiger partial charge in [-0.15, -0.1) is 4.99 Å². The summed E-state index contributed by atoms with van der Waals surface area (Å²) < 4.78 is 39.5. The quantitative estimate of drug-likeness (QED) is 0.0419. The summed E-state index contributed by atoms with van der Waals surface area (Å²) in [5, 5.41) is 21.2. The Morgan fingerprint density at radius 1 is 0.438 bits per heavy atom. The van der Waals surface area contributed by atoms with Crippen molar-refractivity contribution < 1.29 is 57.1 Å². The molecule has 0 spiro atoms. The zero-order valence-corrected chi connectivity index (χ0v) is 46.3. The maximum atomic E-state index is 14.1. The second-order valence-electron chi connectivity index (χ2n) is 22.4. The van der Waals surface area contributed by atoms with E-state index in [4.69, 9.17) is 44.0 Å². The van der Waals surface area contributed by atoms with Gasteiger partial charge in [0.1, 0.15) is 51.2 Å². The topological polar surface area (TPSA) is 241 Å². The van der Waals surface area contributed by atoms with Crippen LogP contribution in [0.25, 0.3) is 0 Å². The highest BCUT2D eigenvalue weighted by Gasteiger charge is 2.35. The smallest absolute Gasteiger partial charge is 0.437 e. The van der Waals surface area contributed by atoms with Crippen LogP contribution in [0.4, 0.5) is 24.0 Å². The van der Waals surface area contributed by atoms with Crippen LogP contribution in [0.5, 0.6) is 11.5 Å². The predicted molar refractivity (Wildman–Crippen MR) is 282 cm³/mol.